The van der Waals surface area contributed by atoms with Gasteiger partial charge in [0, 0.05) is 102 Å². The number of ether oxygens (including phenoxy) is 6. The fourth-order valence-corrected chi connectivity index (χ4v) is 21.6. The van der Waals surface area contributed by atoms with E-state index in [9.17, 15) is 56.5 Å². The summed E-state index contributed by atoms with van der Waals surface area (Å²) in [6.07, 6.45) is 7.05. The third-order valence-corrected chi connectivity index (χ3v) is 53.7. The van der Waals surface area contributed by atoms with Crippen LogP contribution in [0.2, 0.25) is 90.7 Å². The van der Waals surface area contributed by atoms with E-state index in [4.69, 9.17) is 43.8 Å². The van der Waals surface area contributed by atoms with E-state index < -0.39 is 113 Å². The topological polar surface area (TPSA) is 377 Å². The van der Waals surface area contributed by atoms with Crippen LogP contribution in [0.5, 0.6) is 11.8 Å². The van der Waals surface area contributed by atoms with Crippen molar-refractivity contribution < 1.29 is 143 Å². The number of halogens is 7. The maximum Gasteiger partial charge on any atom is 1.00 e. The minimum Gasteiger partial charge on any atom is -1.00 e. The third-order valence-electron chi connectivity index (χ3n) is 29.2. The van der Waals surface area contributed by atoms with Crippen molar-refractivity contribution in [3.8, 4) is 11.8 Å². The van der Waals surface area contributed by atoms with Gasteiger partial charge in [0.2, 0.25) is 17.5 Å². The molecule has 845 valence electrons. The van der Waals surface area contributed by atoms with Crippen LogP contribution in [-0.4, -0.2) is 262 Å². The van der Waals surface area contributed by atoms with E-state index in [2.05, 4.69) is 235 Å². The number of aliphatic hydroxyl groups excluding tert-OH is 4. The van der Waals surface area contributed by atoms with Crippen LogP contribution in [-0.2, 0) is 79.7 Å². The summed E-state index contributed by atoms with van der Waals surface area (Å²) in [6.45, 7) is 78.6. The Bertz CT molecular complexity index is 4820. The Hall–Kier alpha value is -6.09. The van der Waals surface area contributed by atoms with Gasteiger partial charge in [0.05, 0.1) is 71.7 Å². The second-order valence-electron chi connectivity index (χ2n) is 45.0. The van der Waals surface area contributed by atoms with Gasteiger partial charge in [-0.05, 0) is 137 Å². The SMILES string of the molecule is CC.CCOC(=O)C(F)(F)[C@H](O)[C@@H](CC)N(Cc1ccccc1)Cc1ccccc1.CC[C@H]1CC(=O)C(F)(F)[C@@H]1C.CC[C@H]1CC(O)(c2cn([Si](C)(C)C(C)(C)C)c3c(OC)ncnc23)C(F)(F)[C@@H]1C.COC(=O)[C@H](C)CO.COC(=O)[C@H](C)CO[Si](C)(C)C(C)(C)C.COC(=O)[C@H](N)CO.COc1ncnc2c(Br)cn([Si](C)(C)C(C)(C)C)c12.C[C@@H](C=O)CO[Si](C)(C)C(C)(C)C.C[C@@H](CO)CO[Si](C)(C)C(C)(C)C.[B].[H-].[Li+]. The van der Waals surface area contributed by atoms with Crippen LogP contribution in [0, 0.1) is 47.3 Å². The molecule has 148 heavy (non-hydrogen) atoms. The Kier molecular flexibility index (Phi) is 64.5. The number of rotatable bonds is 33. The predicted molar refractivity (Wildman–Crippen MR) is 594 cm³/mol. The number of hydrogen-bond donors (Lipinski definition) is 6. The van der Waals surface area contributed by atoms with Crippen LogP contribution in [0.3, 0.4) is 0 Å². The zero-order chi connectivity index (χ0) is 114. The van der Waals surface area contributed by atoms with Gasteiger partial charge >= 0.3 is 54.6 Å². The first-order valence-corrected chi connectivity index (χ1v) is 65.9. The van der Waals surface area contributed by atoms with Crippen LogP contribution in [0.25, 0.3) is 22.1 Å². The van der Waals surface area contributed by atoms with Crippen molar-refractivity contribution in [1.29, 1.82) is 0 Å². The van der Waals surface area contributed by atoms with E-state index in [0.717, 1.165) is 32.9 Å². The van der Waals surface area contributed by atoms with Crippen molar-refractivity contribution in [2.45, 2.75) is 364 Å². The zero-order valence-electron chi connectivity index (χ0n) is 98.7. The van der Waals surface area contributed by atoms with Gasteiger partial charge in [-0.1, -0.05) is 266 Å². The molecule has 7 N–H and O–H groups in total. The second-order valence-corrected chi connectivity index (χ2v) is 70.5. The Morgan fingerprint density at radius 1 is 0.574 bits per heavy atom. The zero-order valence-corrected chi connectivity index (χ0v) is 104. The van der Waals surface area contributed by atoms with Gasteiger partial charge in [-0.15, -0.1) is 0 Å². The van der Waals surface area contributed by atoms with E-state index >= 15 is 8.78 Å². The summed E-state index contributed by atoms with van der Waals surface area (Å²) >= 11 is 3.60. The van der Waals surface area contributed by atoms with Crippen LogP contribution in [0.4, 0.5) is 26.3 Å². The largest absolute Gasteiger partial charge is 1.00 e. The molecule has 2 fully saturated rings. The van der Waals surface area contributed by atoms with Gasteiger partial charge in [0.1, 0.15) is 53.2 Å². The fourth-order valence-electron chi connectivity index (χ4n) is 13.7. The van der Waals surface area contributed by atoms with Gasteiger partial charge in [-0.2, -0.15) is 27.5 Å². The number of carbonyl (C=O) groups excluding carboxylic acids is 6. The molecule has 3 radical (unpaired) electrons. The van der Waals surface area contributed by atoms with Gasteiger partial charge in [0.15, 0.2) is 47.0 Å². The summed E-state index contributed by atoms with van der Waals surface area (Å²) in [5.74, 6) is -15.4. The molecule has 2 saturated carbocycles. The van der Waals surface area contributed by atoms with Gasteiger partial charge in [0.25, 0.3) is 5.92 Å². The first-order valence-electron chi connectivity index (χ1n) is 50.5. The number of fused-ring (bicyclic) bond motifs is 2. The van der Waals surface area contributed by atoms with E-state index in [1.807, 2.05) is 113 Å². The van der Waals surface area contributed by atoms with Crippen LogP contribution >= 0.6 is 15.9 Å². The molecule has 0 saturated heterocycles. The number of carbonyl (C=O) groups is 6. The van der Waals surface area contributed by atoms with Gasteiger partial charge in [-0.25, -0.2) is 23.5 Å². The number of benzene rings is 2. The van der Waals surface area contributed by atoms with E-state index in [1.165, 1.54) is 55.5 Å². The molecule has 6 aromatic rings. The average molecular weight is 2250 g/mol. The molecule has 1 unspecified atom stereocenters. The predicted octanol–water partition coefficient (Wildman–Crippen LogP) is 19.8. The minimum absolute atomic E-state index is 0. The smallest absolute Gasteiger partial charge is 1.00 e. The number of methoxy groups -OCH3 is 5. The maximum absolute atomic E-state index is 15.4. The van der Waals surface area contributed by atoms with Gasteiger partial charge < -0.3 is 87.7 Å². The van der Waals surface area contributed by atoms with E-state index in [0.29, 0.717) is 68.5 Å². The van der Waals surface area contributed by atoms with E-state index in [-0.39, 0.29) is 153 Å². The Morgan fingerprint density at radius 3 is 1.27 bits per heavy atom. The third kappa shape index (κ3) is 41.9. The maximum atomic E-state index is 15.4. The number of aromatic nitrogens is 6. The molecule has 0 amide bonds. The van der Waals surface area contributed by atoms with Gasteiger partial charge in [-0.3, -0.25) is 24.1 Å². The molecule has 8 rings (SSSR count). The molecular formula is C106H188BBrF6LiN8O20Si5. The Balaban J connectivity index is -0.000000537. The number of ketones is 1. The van der Waals surface area contributed by atoms with E-state index in [1.54, 1.807) is 38.4 Å². The first-order chi connectivity index (χ1) is 66.8. The molecule has 0 bridgehead atoms. The fraction of sp³-hybridized carbons (Fsp3) is 0.717. The molecule has 2 aromatic carbocycles. The number of esters is 4. The van der Waals surface area contributed by atoms with Crippen molar-refractivity contribution in [2.24, 2.45) is 53.1 Å². The Labute approximate surface area is 911 Å². The summed E-state index contributed by atoms with van der Waals surface area (Å²) in [5.41, 5.74) is 7.64. The van der Waals surface area contributed by atoms with Crippen molar-refractivity contribution in [1.82, 2.24) is 33.3 Å². The van der Waals surface area contributed by atoms with Crippen molar-refractivity contribution >= 4 is 124 Å². The molecule has 4 aromatic heterocycles. The van der Waals surface area contributed by atoms with Crippen molar-refractivity contribution in [3.05, 3.63) is 107 Å². The number of nitrogens with two attached hydrogens (primary N) is 1. The summed E-state index contributed by atoms with van der Waals surface area (Å²) in [4.78, 5) is 83.6. The molecule has 2 aliphatic carbocycles. The molecule has 4 heterocycles. The summed E-state index contributed by atoms with van der Waals surface area (Å²) in [7, 11) is -1.87. The number of hydrogen-bond acceptors (Lipinski definition) is 26. The number of alkyl halides is 6. The monoisotopic (exact) mass is 2240 g/mol. The first kappa shape index (κ1) is 148. The Morgan fingerprint density at radius 2 is 0.959 bits per heavy atom. The number of aldehydes is 1. The minimum atomic E-state index is -3.98. The molecule has 0 aliphatic heterocycles. The quantitative estimate of drug-likeness (QED) is 0.00732. The summed E-state index contributed by atoms with van der Waals surface area (Å²) in [5, 5.41) is 48.2. The summed E-state index contributed by atoms with van der Waals surface area (Å²) < 4.78 is 137. The van der Waals surface area contributed by atoms with Crippen LogP contribution in [0.1, 0.15) is 237 Å². The molecule has 28 nitrogen and oxygen atoms in total. The molecular weight excluding hydrogens is 2060 g/mol. The van der Waals surface area contributed by atoms with Crippen molar-refractivity contribution in [2.75, 3.05) is 81.8 Å². The van der Waals surface area contributed by atoms with Crippen LogP contribution < -0.4 is 34.1 Å². The second kappa shape index (κ2) is 64.4. The molecule has 12 atom stereocenters. The average Bonchev–Trinajstić information content (AvgIpc) is 1.54. The number of aliphatic hydroxyl groups is 5. The van der Waals surface area contributed by atoms with Crippen LogP contribution in [0.15, 0.2) is 90.2 Å². The number of Topliss-reactive ketones (excluding diaryl/α,β-unsaturated/α-hetero) is 1. The molecule has 2 aliphatic rings. The molecule has 0 spiro atoms. The standard InChI is InChI=1S/C22H27F2NO3.C21H33F2N3O2Si.C13H20BrN3OSi.C11H24O3Si.C10H24O2Si.C10H22O2Si.C8H12F2O.C5H10O3.C4H9NO3.C2H6.B.Li.H/c1-3-19(20(26)22(23,24)21(27)28-4-2)25(15-17-11-7-5-8-12-17)16-18-13-9-6-10-14-18;1-9-14-10-20(27,21(22,23)13(14)2)15-11-26(29(7,8)19(3,4)5)17-16(15)24-12-25-18(17)28-6;1-13(2,3)19(5,6)17-7-9(14)10-11(17)12(18-4)16-8-15-10;1-9(10(12)13-5)8-14-15(6,7)11(2,3)4;2*1-9(7-11)8-12-13(5,6)10(2,3)4;1-3-6-4-7(11)8(9,10)5(6)2;1-4(3-6)5(7)8-2;1-8-4(7)3(5)2-6;1-2;;;/h5-14,19-20,26H,3-4,15-16H2,1-2H3;11-14,27H,9-10H2,1-8H3;7-8H,1-6H3;9H,8H2,1-7H3;9,11H,7-8H2,1-6H3;7,9H,8H2,1-6H3;5-6H,3-4H2,1-2H3;4,6H,3H2,1-2H3;3,6H,2,5H2,1H3;1-2H3;;;/q;;;;;;;;;;;+1;-1/t19-,20-;13-,14+,20?;;3*9-;5-,6+;4-;3-;;;;/m11.100111..../s1. The number of nitrogens with zero attached hydrogens (tertiary/aromatic N) is 7. The van der Waals surface area contributed by atoms with Crippen molar-refractivity contribution in [3.63, 3.8) is 0 Å². The normalized spacial score (nSPS) is 18.1. The summed E-state index contributed by atoms with van der Waals surface area (Å²) in [6, 6.07) is 17.1. The molecule has 42 heteroatoms.